The van der Waals surface area contributed by atoms with E-state index in [4.69, 9.17) is 4.98 Å². The molecule has 0 radical (unpaired) electrons. The number of pyridine rings is 2. The maximum atomic E-state index is 4.85. The second-order valence-electron chi connectivity index (χ2n) is 10.2. The summed E-state index contributed by atoms with van der Waals surface area (Å²) in [6.07, 6.45) is 9.77. The minimum absolute atomic E-state index is 0.938. The Hall–Kier alpha value is -4.24. The quantitative estimate of drug-likeness (QED) is 0.253. The van der Waals surface area contributed by atoms with Gasteiger partial charge in [-0.05, 0) is 97.8 Å². The number of anilines is 3. The van der Waals surface area contributed by atoms with Crippen molar-refractivity contribution in [3.8, 4) is 22.3 Å². The fourth-order valence-corrected chi connectivity index (χ4v) is 7.04. The Morgan fingerprint density at radius 2 is 1.40 bits per heavy atom. The van der Waals surface area contributed by atoms with Crippen LogP contribution in [0.25, 0.3) is 22.3 Å². The monoisotopic (exact) mass is 447 g/mol. The average molecular weight is 448 g/mol. The lowest BCUT2D eigenvalue weighted by molar-refractivity contribution is 0.961. The normalized spacial score (nSPS) is 14.9. The van der Waals surface area contributed by atoms with Crippen LogP contribution in [0.2, 0.25) is 0 Å². The molecule has 4 aliphatic rings. The number of hydrogen-bond acceptors (Lipinski definition) is 3. The highest BCUT2D eigenvalue weighted by atomic mass is 15.2. The molecule has 0 unspecified atom stereocenters. The van der Waals surface area contributed by atoms with E-state index in [1.807, 2.05) is 18.6 Å². The molecule has 2 aromatic heterocycles. The molecule has 0 atom stereocenters. The third-order valence-electron chi connectivity index (χ3n) is 8.46. The van der Waals surface area contributed by atoms with E-state index in [-0.39, 0.29) is 0 Å². The topological polar surface area (TPSA) is 29.0 Å². The molecule has 35 heavy (non-hydrogen) atoms. The fourth-order valence-electron chi connectivity index (χ4n) is 7.04. The van der Waals surface area contributed by atoms with Crippen molar-refractivity contribution in [2.24, 2.45) is 0 Å². The SMILES string of the molecule is c1ccc2c(c1)Cc1ccc3c(c1-2)-c1cc2c4c(c1C3)Cc1cccnc1N4c1cnccc1C2. The van der Waals surface area contributed by atoms with Crippen molar-refractivity contribution in [2.75, 3.05) is 4.90 Å². The summed E-state index contributed by atoms with van der Waals surface area (Å²) < 4.78 is 0. The number of hydrogen-bond donors (Lipinski definition) is 0. The van der Waals surface area contributed by atoms with E-state index < -0.39 is 0 Å². The first-order valence-corrected chi connectivity index (χ1v) is 12.4. The van der Waals surface area contributed by atoms with E-state index in [0.717, 1.165) is 31.5 Å². The van der Waals surface area contributed by atoms with Crippen molar-refractivity contribution in [1.82, 2.24) is 9.97 Å². The first kappa shape index (κ1) is 18.1. The predicted octanol–water partition coefficient (Wildman–Crippen LogP) is 6.90. The highest BCUT2D eigenvalue weighted by Gasteiger charge is 2.38. The molecule has 9 rings (SSSR count). The average Bonchev–Trinajstić information content (AvgIpc) is 3.46. The minimum atomic E-state index is 0.938. The van der Waals surface area contributed by atoms with E-state index in [9.17, 15) is 0 Å². The Morgan fingerprint density at radius 1 is 0.600 bits per heavy atom. The number of aromatic nitrogens is 2. The van der Waals surface area contributed by atoms with Crippen LogP contribution in [-0.4, -0.2) is 9.97 Å². The molecule has 3 aromatic carbocycles. The van der Waals surface area contributed by atoms with Gasteiger partial charge in [0.15, 0.2) is 0 Å². The molecule has 0 saturated carbocycles. The third kappa shape index (κ3) is 2.21. The predicted molar refractivity (Wildman–Crippen MR) is 139 cm³/mol. The lowest BCUT2D eigenvalue weighted by atomic mass is 9.83. The Labute approximate surface area is 203 Å². The van der Waals surface area contributed by atoms with E-state index in [1.165, 1.54) is 78.1 Å². The van der Waals surface area contributed by atoms with Crippen LogP contribution in [0.4, 0.5) is 17.2 Å². The van der Waals surface area contributed by atoms with Gasteiger partial charge in [-0.25, -0.2) is 4.98 Å². The second-order valence-corrected chi connectivity index (χ2v) is 10.2. The van der Waals surface area contributed by atoms with Gasteiger partial charge in [0.2, 0.25) is 0 Å². The van der Waals surface area contributed by atoms with E-state index in [1.54, 1.807) is 0 Å². The number of benzene rings is 3. The van der Waals surface area contributed by atoms with Gasteiger partial charge >= 0.3 is 0 Å². The summed E-state index contributed by atoms with van der Waals surface area (Å²) in [5.74, 6) is 1.06. The van der Waals surface area contributed by atoms with E-state index >= 15 is 0 Å². The fraction of sp³-hybridized carbons (Fsp3) is 0.125. The summed E-state index contributed by atoms with van der Waals surface area (Å²) in [4.78, 5) is 11.7. The van der Waals surface area contributed by atoms with Gasteiger partial charge in [0, 0.05) is 25.2 Å². The zero-order valence-corrected chi connectivity index (χ0v) is 19.2. The Bertz CT molecular complexity index is 1750. The molecule has 0 saturated heterocycles. The zero-order chi connectivity index (χ0) is 22.7. The number of rotatable bonds is 0. The zero-order valence-electron chi connectivity index (χ0n) is 19.2. The maximum absolute atomic E-state index is 4.85. The molecule has 0 amide bonds. The van der Waals surface area contributed by atoms with Crippen molar-refractivity contribution in [3.63, 3.8) is 0 Å². The Morgan fingerprint density at radius 3 is 2.37 bits per heavy atom. The molecule has 4 heterocycles. The highest BCUT2D eigenvalue weighted by molar-refractivity contribution is 5.99. The molecule has 164 valence electrons. The highest BCUT2D eigenvalue weighted by Crippen LogP contribution is 2.56. The molecule has 0 spiro atoms. The summed E-state index contributed by atoms with van der Waals surface area (Å²) in [6, 6.07) is 22.7. The summed E-state index contributed by atoms with van der Waals surface area (Å²) >= 11 is 0. The van der Waals surface area contributed by atoms with Crippen molar-refractivity contribution < 1.29 is 0 Å². The van der Waals surface area contributed by atoms with Crippen LogP contribution >= 0.6 is 0 Å². The summed E-state index contributed by atoms with van der Waals surface area (Å²) in [7, 11) is 0. The Balaban J connectivity index is 1.35. The lowest BCUT2D eigenvalue weighted by Crippen LogP contribution is -2.26. The number of fused-ring (bicyclic) bond motifs is 12. The van der Waals surface area contributed by atoms with Crippen LogP contribution in [-0.2, 0) is 25.7 Å². The van der Waals surface area contributed by atoms with Gasteiger partial charge in [0.05, 0.1) is 17.6 Å². The third-order valence-corrected chi connectivity index (χ3v) is 8.46. The van der Waals surface area contributed by atoms with Crippen LogP contribution in [0, 0.1) is 0 Å². The van der Waals surface area contributed by atoms with Crippen LogP contribution < -0.4 is 4.90 Å². The standard InChI is InChI=1S/C32H21N3/c1-2-6-24-18(4-1)12-20-7-8-21-14-25-26(30(21)29(20)24)16-23-13-19-9-11-33-17-28(19)35-31(23)27(25)15-22-5-3-10-34-32(22)35/h1-11,16-17H,12-15H2. The molecular weight excluding hydrogens is 426 g/mol. The van der Waals surface area contributed by atoms with Gasteiger partial charge in [-0.1, -0.05) is 42.5 Å². The summed E-state index contributed by atoms with van der Waals surface area (Å²) in [5, 5.41) is 0. The number of nitrogens with zero attached hydrogens (tertiary/aromatic N) is 3. The van der Waals surface area contributed by atoms with Crippen LogP contribution in [0.1, 0.15) is 44.5 Å². The van der Waals surface area contributed by atoms with Gasteiger partial charge < -0.3 is 0 Å². The lowest BCUT2D eigenvalue weighted by Gasteiger charge is -2.39. The Kier molecular flexibility index (Phi) is 3.24. The van der Waals surface area contributed by atoms with Crippen molar-refractivity contribution >= 4 is 17.2 Å². The van der Waals surface area contributed by atoms with Crippen LogP contribution in [0.15, 0.2) is 79.3 Å². The second kappa shape index (κ2) is 6.25. The molecule has 2 aliphatic carbocycles. The van der Waals surface area contributed by atoms with Gasteiger partial charge in [0.1, 0.15) is 5.82 Å². The summed E-state index contributed by atoms with van der Waals surface area (Å²) in [5.41, 5.74) is 19.7. The van der Waals surface area contributed by atoms with E-state index in [0.29, 0.717) is 0 Å². The molecule has 5 aromatic rings. The summed E-state index contributed by atoms with van der Waals surface area (Å²) in [6.45, 7) is 0. The largest absolute Gasteiger partial charge is 0.292 e. The minimum Gasteiger partial charge on any atom is -0.292 e. The first-order chi connectivity index (χ1) is 17.3. The van der Waals surface area contributed by atoms with Crippen LogP contribution in [0.3, 0.4) is 0 Å². The molecule has 3 heteroatoms. The van der Waals surface area contributed by atoms with Crippen molar-refractivity contribution in [3.05, 3.63) is 124 Å². The first-order valence-electron chi connectivity index (χ1n) is 12.4. The van der Waals surface area contributed by atoms with Gasteiger partial charge in [0.25, 0.3) is 0 Å². The van der Waals surface area contributed by atoms with Gasteiger partial charge in [-0.15, -0.1) is 0 Å². The van der Waals surface area contributed by atoms with Crippen LogP contribution in [0.5, 0.6) is 0 Å². The molecule has 2 aliphatic heterocycles. The molecule has 3 nitrogen and oxygen atoms in total. The van der Waals surface area contributed by atoms with Gasteiger partial charge in [-0.2, -0.15) is 0 Å². The van der Waals surface area contributed by atoms with Gasteiger partial charge in [-0.3, -0.25) is 9.88 Å². The molecule has 0 bridgehead atoms. The maximum Gasteiger partial charge on any atom is 0.141 e. The van der Waals surface area contributed by atoms with Crippen molar-refractivity contribution in [1.29, 1.82) is 0 Å². The smallest absolute Gasteiger partial charge is 0.141 e. The molecular formula is C32H21N3. The van der Waals surface area contributed by atoms with Crippen molar-refractivity contribution in [2.45, 2.75) is 25.7 Å². The molecule has 0 fully saturated rings. The molecule has 0 N–H and O–H groups in total. The van der Waals surface area contributed by atoms with E-state index in [2.05, 4.69) is 70.5 Å².